The molecule has 2 amide bonds. The van der Waals surface area contributed by atoms with Gasteiger partial charge in [-0.25, -0.2) is 0 Å². The molecule has 1 aromatic carbocycles. The van der Waals surface area contributed by atoms with Crippen LogP contribution >= 0.6 is 0 Å². The van der Waals surface area contributed by atoms with Gasteiger partial charge in [-0.2, -0.15) is 0 Å². The largest absolute Gasteiger partial charge is 0.355 e. The average molecular weight is 291 g/mol. The van der Waals surface area contributed by atoms with Crippen LogP contribution in [0.5, 0.6) is 0 Å². The lowest BCUT2D eigenvalue weighted by Crippen LogP contribution is -2.41. The third-order valence-electron chi connectivity index (χ3n) is 3.06. The molecule has 0 aliphatic rings. The van der Waals surface area contributed by atoms with Gasteiger partial charge < -0.3 is 10.6 Å². The summed E-state index contributed by atoms with van der Waals surface area (Å²) >= 11 is 0. The number of carbonyl (C=O) groups excluding carboxylic acids is 2. The van der Waals surface area contributed by atoms with E-state index in [0.29, 0.717) is 13.1 Å². The minimum atomic E-state index is -0.105. The predicted octanol–water partition coefficient (Wildman–Crippen LogP) is 1.70. The molecule has 0 aliphatic heterocycles. The monoisotopic (exact) mass is 291 g/mol. The lowest BCUT2D eigenvalue weighted by molar-refractivity contribution is -0.123. The van der Waals surface area contributed by atoms with E-state index < -0.39 is 0 Å². The standard InChI is InChI=1S/C16H25N3O2/c1-5-17-15(20)10-19(6-2)11-16(21)18-14-8-12(3)7-13(4)9-14/h7-9H,5-6,10-11H2,1-4H3,(H,17,20)(H,18,21). The molecule has 0 saturated heterocycles. The van der Waals surface area contributed by atoms with Gasteiger partial charge in [0.1, 0.15) is 0 Å². The Bertz CT molecular complexity index is 480. The van der Waals surface area contributed by atoms with Crippen LogP contribution in [0.3, 0.4) is 0 Å². The van der Waals surface area contributed by atoms with Gasteiger partial charge in [-0.1, -0.05) is 13.0 Å². The molecule has 0 fully saturated rings. The summed E-state index contributed by atoms with van der Waals surface area (Å²) in [6.45, 7) is 9.50. The van der Waals surface area contributed by atoms with Gasteiger partial charge in [-0.15, -0.1) is 0 Å². The highest BCUT2D eigenvalue weighted by atomic mass is 16.2. The Morgan fingerprint density at radius 2 is 1.57 bits per heavy atom. The van der Waals surface area contributed by atoms with E-state index in [-0.39, 0.29) is 24.9 Å². The van der Waals surface area contributed by atoms with Crippen LogP contribution in [-0.2, 0) is 9.59 Å². The van der Waals surface area contributed by atoms with Gasteiger partial charge >= 0.3 is 0 Å². The first-order valence-corrected chi connectivity index (χ1v) is 7.31. The van der Waals surface area contributed by atoms with Crippen molar-refractivity contribution in [2.75, 3.05) is 31.5 Å². The van der Waals surface area contributed by atoms with Crippen molar-refractivity contribution in [1.82, 2.24) is 10.2 Å². The number of anilines is 1. The molecule has 2 N–H and O–H groups in total. The molecule has 21 heavy (non-hydrogen) atoms. The highest BCUT2D eigenvalue weighted by Crippen LogP contribution is 2.13. The van der Waals surface area contributed by atoms with Crippen LogP contribution in [0.2, 0.25) is 0 Å². The highest BCUT2D eigenvalue weighted by Gasteiger charge is 2.12. The number of nitrogens with one attached hydrogen (secondary N) is 2. The first-order valence-electron chi connectivity index (χ1n) is 7.31. The topological polar surface area (TPSA) is 61.4 Å². The van der Waals surface area contributed by atoms with E-state index in [4.69, 9.17) is 0 Å². The SMILES string of the molecule is CCNC(=O)CN(CC)CC(=O)Nc1cc(C)cc(C)c1. The lowest BCUT2D eigenvalue weighted by Gasteiger charge is -2.19. The summed E-state index contributed by atoms with van der Waals surface area (Å²) in [6, 6.07) is 5.93. The molecule has 5 heteroatoms. The Kier molecular flexibility index (Phi) is 6.88. The third-order valence-corrected chi connectivity index (χ3v) is 3.06. The minimum Gasteiger partial charge on any atom is -0.355 e. The van der Waals surface area contributed by atoms with E-state index in [1.165, 1.54) is 0 Å². The molecule has 1 aromatic rings. The summed E-state index contributed by atoms with van der Waals surface area (Å²) < 4.78 is 0. The Morgan fingerprint density at radius 1 is 1.00 bits per heavy atom. The zero-order chi connectivity index (χ0) is 15.8. The minimum absolute atomic E-state index is 0.0569. The van der Waals surface area contributed by atoms with Crippen molar-refractivity contribution < 1.29 is 9.59 Å². The van der Waals surface area contributed by atoms with Gasteiger partial charge in [0.15, 0.2) is 0 Å². The van der Waals surface area contributed by atoms with Gasteiger partial charge in [-0.05, 0) is 50.6 Å². The maximum Gasteiger partial charge on any atom is 0.238 e. The van der Waals surface area contributed by atoms with E-state index in [1.807, 2.05) is 44.7 Å². The maximum atomic E-state index is 12.1. The summed E-state index contributed by atoms with van der Waals surface area (Å²) in [7, 11) is 0. The van der Waals surface area contributed by atoms with Gasteiger partial charge in [0.25, 0.3) is 0 Å². The second-order valence-corrected chi connectivity index (χ2v) is 5.18. The van der Waals surface area contributed by atoms with Crippen molar-refractivity contribution >= 4 is 17.5 Å². The highest BCUT2D eigenvalue weighted by molar-refractivity contribution is 5.92. The first kappa shape index (κ1) is 17.2. The van der Waals surface area contributed by atoms with Gasteiger partial charge in [-0.3, -0.25) is 14.5 Å². The number of carbonyl (C=O) groups is 2. The van der Waals surface area contributed by atoms with E-state index in [2.05, 4.69) is 16.7 Å². The van der Waals surface area contributed by atoms with Gasteiger partial charge in [0.05, 0.1) is 13.1 Å². The first-order chi connectivity index (χ1) is 9.94. The zero-order valence-corrected chi connectivity index (χ0v) is 13.3. The number of nitrogens with zero attached hydrogens (tertiary/aromatic N) is 1. The number of hydrogen-bond acceptors (Lipinski definition) is 3. The van der Waals surface area contributed by atoms with Crippen LogP contribution < -0.4 is 10.6 Å². The molecule has 0 aromatic heterocycles. The van der Waals surface area contributed by atoms with E-state index >= 15 is 0 Å². The Balaban J connectivity index is 2.56. The van der Waals surface area contributed by atoms with Crippen molar-refractivity contribution in [3.8, 4) is 0 Å². The smallest absolute Gasteiger partial charge is 0.238 e. The summed E-state index contributed by atoms with van der Waals surface area (Å²) in [6.07, 6.45) is 0. The second kappa shape index (κ2) is 8.42. The Hall–Kier alpha value is -1.88. The number of benzene rings is 1. The average Bonchev–Trinajstić information content (AvgIpc) is 2.36. The molecule has 116 valence electrons. The van der Waals surface area contributed by atoms with Crippen LogP contribution in [0.25, 0.3) is 0 Å². The molecule has 0 heterocycles. The fourth-order valence-electron chi connectivity index (χ4n) is 2.19. The lowest BCUT2D eigenvalue weighted by atomic mass is 10.1. The summed E-state index contributed by atoms with van der Waals surface area (Å²) in [5.74, 6) is -0.162. The molecular weight excluding hydrogens is 266 g/mol. The van der Waals surface area contributed by atoms with E-state index in [1.54, 1.807) is 0 Å². The zero-order valence-electron chi connectivity index (χ0n) is 13.3. The van der Waals surface area contributed by atoms with Crippen molar-refractivity contribution in [3.05, 3.63) is 29.3 Å². The number of likely N-dealkylation sites (N-methyl/N-ethyl adjacent to an activating group) is 2. The number of rotatable bonds is 7. The molecule has 1 rings (SSSR count). The van der Waals surface area contributed by atoms with Crippen LogP contribution in [0.1, 0.15) is 25.0 Å². The van der Waals surface area contributed by atoms with Crippen LogP contribution in [-0.4, -0.2) is 42.9 Å². The molecule has 0 bridgehead atoms. The molecular formula is C16H25N3O2. The van der Waals surface area contributed by atoms with Crippen molar-refractivity contribution in [3.63, 3.8) is 0 Å². The number of hydrogen-bond donors (Lipinski definition) is 2. The molecule has 0 unspecified atom stereocenters. The van der Waals surface area contributed by atoms with Crippen LogP contribution in [0.4, 0.5) is 5.69 Å². The van der Waals surface area contributed by atoms with Crippen LogP contribution in [0, 0.1) is 13.8 Å². The van der Waals surface area contributed by atoms with E-state index in [0.717, 1.165) is 16.8 Å². The molecule has 5 nitrogen and oxygen atoms in total. The maximum absolute atomic E-state index is 12.1. The van der Waals surface area contributed by atoms with Gasteiger partial charge in [0, 0.05) is 12.2 Å². The Labute approximate surface area is 126 Å². The normalized spacial score (nSPS) is 10.5. The Morgan fingerprint density at radius 3 is 2.10 bits per heavy atom. The van der Waals surface area contributed by atoms with Gasteiger partial charge in [0.2, 0.25) is 11.8 Å². The summed E-state index contributed by atoms with van der Waals surface area (Å²) in [5, 5.41) is 5.62. The predicted molar refractivity (Wildman–Crippen MR) is 85.3 cm³/mol. The van der Waals surface area contributed by atoms with Crippen LogP contribution in [0.15, 0.2) is 18.2 Å². The molecule has 0 atom stereocenters. The number of aryl methyl sites for hydroxylation is 2. The molecule has 0 aliphatic carbocycles. The quantitative estimate of drug-likeness (QED) is 0.804. The molecule has 0 saturated carbocycles. The van der Waals surface area contributed by atoms with E-state index in [9.17, 15) is 9.59 Å². The molecule has 0 spiro atoms. The van der Waals surface area contributed by atoms with Crippen molar-refractivity contribution in [2.45, 2.75) is 27.7 Å². The summed E-state index contributed by atoms with van der Waals surface area (Å²) in [4.78, 5) is 25.4. The summed E-state index contributed by atoms with van der Waals surface area (Å²) in [5.41, 5.74) is 3.02. The van der Waals surface area contributed by atoms with Crippen molar-refractivity contribution in [1.29, 1.82) is 0 Å². The second-order valence-electron chi connectivity index (χ2n) is 5.18. The third kappa shape index (κ3) is 6.40. The molecule has 0 radical (unpaired) electrons. The van der Waals surface area contributed by atoms with Crippen molar-refractivity contribution in [2.24, 2.45) is 0 Å². The fourth-order valence-corrected chi connectivity index (χ4v) is 2.19. The fraction of sp³-hybridized carbons (Fsp3) is 0.500. The number of amides is 2.